The normalized spacial score (nSPS) is 10.7. The molecule has 6 nitrogen and oxygen atoms in total. The van der Waals surface area contributed by atoms with Gasteiger partial charge < -0.3 is 19.9 Å². The molecule has 8 heteroatoms. The van der Waals surface area contributed by atoms with Crippen LogP contribution in [0, 0.1) is 0 Å². The van der Waals surface area contributed by atoms with Crippen molar-refractivity contribution in [3.05, 3.63) is 81.8 Å². The van der Waals surface area contributed by atoms with E-state index in [0.717, 1.165) is 11.1 Å². The van der Waals surface area contributed by atoms with Gasteiger partial charge in [0.25, 0.3) is 0 Å². The van der Waals surface area contributed by atoms with E-state index < -0.39 is 0 Å². The van der Waals surface area contributed by atoms with E-state index in [1.54, 1.807) is 36.4 Å². The van der Waals surface area contributed by atoms with Gasteiger partial charge >= 0.3 is 0 Å². The summed E-state index contributed by atoms with van der Waals surface area (Å²) < 4.78 is 11.7. The van der Waals surface area contributed by atoms with Gasteiger partial charge in [0.1, 0.15) is 23.0 Å². The number of hydrogen-bond acceptors (Lipinski definition) is 6. The van der Waals surface area contributed by atoms with Gasteiger partial charge in [0, 0.05) is 19.2 Å². The molecule has 0 aliphatic carbocycles. The van der Waals surface area contributed by atoms with Crippen LogP contribution in [0.1, 0.15) is 11.1 Å². The van der Waals surface area contributed by atoms with Crippen LogP contribution in [0.15, 0.2) is 60.7 Å². The molecule has 0 aliphatic rings. The van der Waals surface area contributed by atoms with Crippen molar-refractivity contribution in [1.29, 1.82) is 0 Å². The van der Waals surface area contributed by atoms with Crippen LogP contribution in [0.25, 0.3) is 0 Å². The van der Waals surface area contributed by atoms with Gasteiger partial charge in [-0.25, -0.2) is 11.0 Å². The second-order valence-electron chi connectivity index (χ2n) is 5.87. The predicted octanol–water partition coefficient (Wildman–Crippen LogP) is 5.54. The molecule has 0 saturated heterocycles. The lowest BCUT2D eigenvalue weighted by atomic mass is 10.2. The zero-order valence-electron chi connectivity index (χ0n) is 14.7. The number of rotatable bonds is 8. The molecule has 0 fully saturated rings. The molecule has 0 heterocycles. The standard InChI is InChI=1S/C20H18Cl2N2O4/c21-17-9-18(22)20(28-16-7-3-14(4-8-16)12-24-26)10-19(17)27-15-5-1-13(2-6-15)11-23-25/h1-10,23-26H,11-12H2. The largest absolute Gasteiger partial charge is 0.456 e. The van der Waals surface area contributed by atoms with Crippen molar-refractivity contribution < 1.29 is 19.9 Å². The molecule has 0 radical (unpaired) electrons. The van der Waals surface area contributed by atoms with E-state index in [1.807, 2.05) is 24.3 Å². The molecular formula is C20H18Cl2N2O4. The molecule has 3 aromatic carbocycles. The summed E-state index contributed by atoms with van der Waals surface area (Å²) in [5.74, 6) is 1.96. The third-order valence-corrected chi connectivity index (χ3v) is 4.45. The first-order valence-electron chi connectivity index (χ1n) is 8.35. The van der Waals surface area contributed by atoms with Crippen LogP contribution < -0.4 is 20.4 Å². The minimum Gasteiger partial charge on any atom is -0.456 e. The topological polar surface area (TPSA) is 83.0 Å². The molecule has 3 rings (SSSR count). The second-order valence-corrected chi connectivity index (χ2v) is 6.69. The summed E-state index contributed by atoms with van der Waals surface area (Å²) in [7, 11) is 0. The summed E-state index contributed by atoms with van der Waals surface area (Å²) in [5.41, 5.74) is 6.01. The number of ether oxygens (including phenoxy) is 2. The Hall–Kier alpha value is -2.32. The number of benzene rings is 3. The SMILES string of the molecule is ONCc1ccc(Oc2cc(Oc3ccc(CNO)cc3)c(Cl)cc2Cl)cc1. The molecule has 0 aromatic heterocycles. The molecule has 3 aromatic rings. The highest BCUT2D eigenvalue weighted by molar-refractivity contribution is 6.36. The van der Waals surface area contributed by atoms with E-state index in [2.05, 4.69) is 11.0 Å². The van der Waals surface area contributed by atoms with Gasteiger partial charge in [-0.2, -0.15) is 0 Å². The first-order chi connectivity index (χ1) is 13.6. The molecule has 0 bridgehead atoms. The average molecular weight is 421 g/mol. The van der Waals surface area contributed by atoms with Crippen molar-refractivity contribution in [2.24, 2.45) is 0 Å². The van der Waals surface area contributed by atoms with E-state index in [0.29, 0.717) is 46.1 Å². The number of halogens is 2. The molecule has 0 spiro atoms. The lowest BCUT2D eigenvalue weighted by molar-refractivity contribution is 0.161. The molecule has 4 N–H and O–H groups in total. The van der Waals surface area contributed by atoms with Crippen molar-refractivity contribution in [3.63, 3.8) is 0 Å². The number of hydrogen-bond donors (Lipinski definition) is 4. The van der Waals surface area contributed by atoms with E-state index in [4.69, 9.17) is 43.1 Å². The first-order valence-corrected chi connectivity index (χ1v) is 9.11. The van der Waals surface area contributed by atoms with Gasteiger partial charge in [-0.3, -0.25) is 0 Å². The Morgan fingerprint density at radius 2 is 1.04 bits per heavy atom. The summed E-state index contributed by atoms with van der Waals surface area (Å²) in [5, 5.41) is 18.2. The van der Waals surface area contributed by atoms with Gasteiger partial charge in [0.15, 0.2) is 0 Å². The maximum atomic E-state index is 8.74. The second kappa shape index (κ2) is 9.75. The van der Waals surface area contributed by atoms with E-state index in [-0.39, 0.29) is 0 Å². The zero-order chi connectivity index (χ0) is 19.9. The summed E-state index contributed by atoms with van der Waals surface area (Å²) in [4.78, 5) is 0. The minimum absolute atomic E-state index is 0.340. The third kappa shape index (κ3) is 5.36. The first kappa shape index (κ1) is 20.4. The van der Waals surface area contributed by atoms with Crippen LogP contribution in [-0.4, -0.2) is 10.4 Å². The Kier molecular flexibility index (Phi) is 7.11. The van der Waals surface area contributed by atoms with Crippen LogP contribution in [0.5, 0.6) is 23.0 Å². The van der Waals surface area contributed by atoms with Gasteiger partial charge in [-0.15, -0.1) is 0 Å². The highest BCUT2D eigenvalue weighted by atomic mass is 35.5. The molecular weight excluding hydrogens is 403 g/mol. The molecule has 0 unspecified atom stereocenters. The molecule has 28 heavy (non-hydrogen) atoms. The lowest BCUT2D eigenvalue weighted by Crippen LogP contribution is -2.05. The van der Waals surface area contributed by atoms with Crippen molar-refractivity contribution in [3.8, 4) is 23.0 Å². The molecule has 0 amide bonds. The fourth-order valence-corrected chi connectivity index (χ4v) is 2.91. The fraction of sp³-hybridized carbons (Fsp3) is 0.100. The smallest absolute Gasteiger partial charge is 0.149 e. The Morgan fingerprint density at radius 1 is 0.643 bits per heavy atom. The van der Waals surface area contributed by atoms with E-state index >= 15 is 0 Å². The van der Waals surface area contributed by atoms with Crippen molar-refractivity contribution in [2.45, 2.75) is 13.1 Å². The van der Waals surface area contributed by atoms with Crippen LogP contribution in [0.3, 0.4) is 0 Å². The van der Waals surface area contributed by atoms with Crippen molar-refractivity contribution in [2.75, 3.05) is 0 Å². The quantitative estimate of drug-likeness (QED) is 0.358. The zero-order valence-corrected chi connectivity index (χ0v) is 16.2. The molecule has 146 valence electrons. The summed E-state index contributed by atoms with van der Waals surface area (Å²) in [6.45, 7) is 0.681. The van der Waals surface area contributed by atoms with Gasteiger partial charge in [0.05, 0.1) is 10.0 Å². The van der Waals surface area contributed by atoms with Crippen LogP contribution in [-0.2, 0) is 13.1 Å². The predicted molar refractivity (Wildman–Crippen MR) is 107 cm³/mol. The Morgan fingerprint density at radius 3 is 1.39 bits per heavy atom. The molecule has 0 aliphatic heterocycles. The maximum absolute atomic E-state index is 8.74. The molecule has 0 atom stereocenters. The average Bonchev–Trinajstić information content (AvgIpc) is 2.69. The van der Waals surface area contributed by atoms with Gasteiger partial charge in [0.2, 0.25) is 0 Å². The number of hydroxylamine groups is 2. The van der Waals surface area contributed by atoms with Crippen LogP contribution >= 0.6 is 23.2 Å². The van der Waals surface area contributed by atoms with E-state index in [1.165, 1.54) is 0 Å². The Balaban J connectivity index is 1.77. The summed E-state index contributed by atoms with van der Waals surface area (Å²) in [6.07, 6.45) is 0. The highest BCUT2D eigenvalue weighted by Gasteiger charge is 2.12. The van der Waals surface area contributed by atoms with E-state index in [9.17, 15) is 0 Å². The maximum Gasteiger partial charge on any atom is 0.149 e. The van der Waals surface area contributed by atoms with Crippen molar-refractivity contribution in [1.82, 2.24) is 11.0 Å². The summed E-state index contributed by atoms with van der Waals surface area (Å²) in [6, 6.07) is 17.5. The molecule has 0 saturated carbocycles. The van der Waals surface area contributed by atoms with Gasteiger partial charge in [-0.1, -0.05) is 47.5 Å². The highest BCUT2D eigenvalue weighted by Crippen LogP contribution is 2.39. The fourth-order valence-electron chi connectivity index (χ4n) is 2.45. The Bertz CT molecular complexity index is 846. The lowest BCUT2D eigenvalue weighted by Gasteiger charge is -2.13. The van der Waals surface area contributed by atoms with Crippen LogP contribution in [0.4, 0.5) is 0 Å². The third-order valence-electron chi connectivity index (χ3n) is 3.86. The monoisotopic (exact) mass is 420 g/mol. The Labute approximate surface area is 172 Å². The minimum atomic E-state index is 0.340. The summed E-state index contributed by atoms with van der Waals surface area (Å²) >= 11 is 12.5. The van der Waals surface area contributed by atoms with Crippen molar-refractivity contribution >= 4 is 23.2 Å². The number of nitrogens with one attached hydrogen (secondary N) is 2. The van der Waals surface area contributed by atoms with Crippen LogP contribution in [0.2, 0.25) is 10.0 Å². The van der Waals surface area contributed by atoms with Gasteiger partial charge in [-0.05, 0) is 41.5 Å².